The van der Waals surface area contributed by atoms with Gasteiger partial charge in [0.2, 0.25) is 5.91 Å². The first-order valence-electron chi connectivity index (χ1n) is 6.10. The Morgan fingerprint density at radius 3 is 2.59 bits per heavy atom. The molecule has 1 fully saturated rings. The Morgan fingerprint density at radius 2 is 2.06 bits per heavy atom. The van der Waals surface area contributed by atoms with Gasteiger partial charge < -0.3 is 5.32 Å². The number of amides is 1. The SMILES string of the molecule is CS(=O)CCCNC(=O)C1(C#N)CCCCC1. The van der Waals surface area contributed by atoms with Crippen LogP contribution in [0.2, 0.25) is 0 Å². The molecule has 0 spiro atoms. The molecule has 0 radical (unpaired) electrons. The molecule has 1 rings (SSSR count). The van der Waals surface area contributed by atoms with Gasteiger partial charge in [-0.3, -0.25) is 9.00 Å². The van der Waals surface area contributed by atoms with Crippen LogP contribution >= 0.6 is 0 Å². The summed E-state index contributed by atoms with van der Waals surface area (Å²) in [7, 11) is -0.814. The molecule has 5 heteroatoms. The molecule has 0 heterocycles. The van der Waals surface area contributed by atoms with E-state index in [4.69, 9.17) is 0 Å². The van der Waals surface area contributed by atoms with Crippen molar-refractivity contribution in [2.75, 3.05) is 18.6 Å². The topological polar surface area (TPSA) is 70.0 Å². The van der Waals surface area contributed by atoms with Gasteiger partial charge in [-0.2, -0.15) is 5.26 Å². The lowest BCUT2D eigenvalue weighted by atomic mass is 9.74. The van der Waals surface area contributed by atoms with Gasteiger partial charge in [0, 0.05) is 29.4 Å². The molecule has 0 aromatic rings. The maximum Gasteiger partial charge on any atom is 0.240 e. The van der Waals surface area contributed by atoms with Crippen LogP contribution in [0.3, 0.4) is 0 Å². The van der Waals surface area contributed by atoms with Crippen LogP contribution in [0, 0.1) is 16.7 Å². The Hall–Kier alpha value is -0.890. The molecule has 1 N–H and O–H groups in total. The number of nitrogens with one attached hydrogen (secondary N) is 1. The average molecular weight is 256 g/mol. The Labute approximate surface area is 105 Å². The van der Waals surface area contributed by atoms with Gasteiger partial charge in [0.25, 0.3) is 0 Å². The zero-order valence-corrected chi connectivity index (χ0v) is 11.1. The molecule has 0 aromatic heterocycles. The van der Waals surface area contributed by atoms with Crippen LogP contribution in [0.5, 0.6) is 0 Å². The number of rotatable bonds is 5. The van der Waals surface area contributed by atoms with E-state index in [1.165, 1.54) is 0 Å². The van der Waals surface area contributed by atoms with Crippen molar-refractivity contribution >= 4 is 16.7 Å². The normalized spacial score (nSPS) is 20.2. The fourth-order valence-corrected chi connectivity index (χ4v) is 2.74. The number of hydrogen-bond acceptors (Lipinski definition) is 3. The van der Waals surface area contributed by atoms with Gasteiger partial charge in [0.1, 0.15) is 5.41 Å². The largest absolute Gasteiger partial charge is 0.355 e. The van der Waals surface area contributed by atoms with Crippen LogP contribution < -0.4 is 5.32 Å². The first-order valence-corrected chi connectivity index (χ1v) is 7.83. The van der Waals surface area contributed by atoms with E-state index in [2.05, 4.69) is 11.4 Å². The van der Waals surface area contributed by atoms with Crippen LogP contribution in [0.25, 0.3) is 0 Å². The van der Waals surface area contributed by atoms with Crippen molar-refractivity contribution in [2.45, 2.75) is 38.5 Å². The van der Waals surface area contributed by atoms with Crippen molar-refractivity contribution in [3.05, 3.63) is 0 Å². The summed E-state index contributed by atoms with van der Waals surface area (Å²) in [6.45, 7) is 0.516. The lowest BCUT2D eigenvalue weighted by Crippen LogP contribution is -2.42. The van der Waals surface area contributed by atoms with Gasteiger partial charge in [-0.1, -0.05) is 19.3 Å². The van der Waals surface area contributed by atoms with Crippen LogP contribution in [-0.2, 0) is 15.6 Å². The average Bonchev–Trinajstić information content (AvgIpc) is 2.35. The third kappa shape index (κ3) is 4.12. The highest BCUT2D eigenvalue weighted by molar-refractivity contribution is 7.84. The van der Waals surface area contributed by atoms with Crippen molar-refractivity contribution < 1.29 is 9.00 Å². The van der Waals surface area contributed by atoms with Crippen LogP contribution in [0.1, 0.15) is 38.5 Å². The summed E-state index contributed by atoms with van der Waals surface area (Å²) in [6, 6.07) is 2.19. The predicted molar refractivity (Wildman–Crippen MR) is 67.7 cm³/mol. The van der Waals surface area contributed by atoms with Gasteiger partial charge in [0.15, 0.2) is 0 Å². The summed E-state index contributed by atoms with van der Waals surface area (Å²) in [5, 5.41) is 12.0. The monoisotopic (exact) mass is 256 g/mol. The molecule has 1 aliphatic carbocycles. The number of carbonyl (C=O) groups excluding carboxylic acids is 1. The van der Waals surface area contributed by atoms with Gasteiger partial charge in [0.05, 0.1) is 6.07 Å². The van der Waals surface area contributed by atoms with Crippen LogP contribution in [0.4, 0.5) is 0 Å². The highest BCUT2D eigenvalue weighted by atomic mass is 32.2. The van der Waals surface area contributed by atoms with E-state index in [0.717, 1.165) is 19.3 Å². The first-order chi connectivity index (χ1) is 8.10. The van der Waals surface area contributed by atoms with Gasteiger partial charge in [-0.25, -0.2) is 0 Å². The van der Waals surface area contributed by atoms with Crippen molar-refractivity contribution in [3.8, 4) is 6.07 Å². The molecule has 1 saturated carbocycles. The van der Waals surface area contributed by atoms with E-state index in [-0.39, 0.29) is 5.91 Å². The molecule has 17 heavy (non-hydrogen) atoms. The molecule has 0 saturated heterocycles. The van der Waals surface area contributed by atoms with Crippen molar-refractivity contribution in [1.29, 1.82) is 5.26 Å². The fourth-order valence-electron chi connectivity index (χ4n) is 2.19. The van der Waals surface area contributed by atoms with Gasteiger partial charge >= 0.3 is 0 Å². The molecule has 0 aliphatic heterocycles. The van der Waals surface area contributed by atoms with Crippen LogP contribution in [-0.4, -0.2) is 28.7 Å². The Bertz CT molecular complexity index is 330. The van der Waals surface area contributed by atoms with E-state index in [1.54, 1.807) is 6.26 Å². The van der Waals surface area contributed by atoms with E-state index >= 15 is 0 Å². The minimum atomic E-state index is -0.814. The highest BCUT2D eigenvalue weighted by Crippen LogP contribution is 2.35. The second-order valence-corrected chi connectivity index (χ2v) is 6.20. The molecular formula is C12H20N2O2S. The zero-order chi connectivity index (χ0) is 12.7. The number of carbonyl (C=O) groups is 1. The van der Waals surface area contributed by atoms with Gasteiger partial charge in [-0.15, -0.1) is 0 Å². The highest BCUT2D eigenvalue weighted by Gasteiger charge is 2.39. The summed E-state index contributed by atoms with van der Waals surface area (Å²) >= 11 is 0. The number of hydrogen-bond donors (Lipinski definition) is 1. The summed E-state index contributed by atoms with van der Waals surface area (Å²) in [5.74, 6) is 0.460. The van der Waals surface area contributed by atoms with Crippen LogP contribution in [0.15, 0.2) is 0 Å². The van der Waals surface area contributed by atoms with E-state index in [0.29, 0.717) is 31.6 Å². The van der Waals surface area contributed by atoms with E-state index < -0.39 is 16.2 Å². The molecule has 1 unspecified atom stereocenters. The standard InChI is InChI=1S/C12H20N2O2S/c1-17(16)9-5-8-14-11(15)12(10-13)6-3-2-4-7-12/h2-9H2,1H3,(H,14,15). The Balaban J connectivity index is 2.39. The third-order valence-electron chi connectivity index (χ3n) is 3.25. The maximum absolute atomic E-state index is 12.0. The molecule has 0 aromatic carbocycles. The number of nitriles is 1. The third-order valence-corrected chi connectivity index (χ3v) is 4.11. The minimum absolute atomic E-state index is 0.137. The molecule has 96 valence electrons. The molecular weight excluding hydrogens is 236 g/mol. The zero-order valence-electron chi connectivity index (χ0n) is 10.3. The fraction of sp³-hybridized carbons (Fsp3) is 0.833. The van der Waals surface area contributed by atoms with E-state index in [1.807, 2.05) is 0 Å². The van der Waals surface area contributed by atoms with E-state index in [9.17, 15) is 14.3 Å². The Kier molecular flexibility index (Phi) is 5.63. The van der Waals surface area contributed by atoms with Gasteiger partial charge in [-0.05, 0) is 19.3 Å². The second kappa shape index (κ2) is 6.75. The molecule has 4 nitrogen and oxygen atoms in total. The first kappa shape index (κ1) is 14.2. The smallest absolute Gasteiger partial charge is 0.240 e. The van der Waals surface area contributed by atoms with Crippen molar-refractivity contribution in [2.24, 2.45) is 5.41 Å². The summed E-state index contributed by atoms with van der Waals surface area (Å²) in [4.78, 5) is 12.0. The molecule has 1 amide bonds. The quantitative estimate of drug-likeness (QED) is 0.755. The summed E-state index contributed by atoms with van der Waals surface area (Å²) in [5.41, 5.74) is -0.802. The lowest BCUT2D eigenvalue weighted by Gasteiger charge is -2.29. The molecule has 0 bridgehead atoms. The maximum atomic E-state index is 12.0. The number of nitrogens with zero attached hydrogens (tertiary/aromatic N) is 1. The molecule has 1 atom stereocenters. The molecule has 1 aliphatic rings. The lowest BCUT2D eigenvalue weighted by molar-refractivity contribution is -0.129. The van der Waals surface area contributed by atoms with Crippen molar-refractivity contribution in [3.63, 3.8) is 0 Å². The summed E-state index contributed by atoms with van der Waals surface area (Å²) in [6.07, 6.45) is 6.74. The summed E-state index contributed by atoms with van der Waals surface area (Å²) < 4.78 is 10.9. The predicted octanol–water partition coefficient (Wildman–Crippen LogP) is 1.35. The minimum Gasteiger partial charge on any atom is -0.355 e. The second-order valence-electron chi connectivity index (χ2n) is 4.64. The van der Waals surface area contributed by atoms with Crippen molar-refractivity contribution in [1.82, 2.24) is 5.32 Å². The Morgan fingerprint density at radius 1 is 1.41 bits per heavy atom.